The molecule has 1 rings (SSSR count). The van der Waals surface area contributed by atoms with Crippen molar-refractivity contribution >= 4 is 35.1 Å². The molecule has 1 nitrogen and oxygen atoms in total. The molecular weight excluding hydrogens is 207 g/mol. The lowest BCUT2D eigenvalue weighted by atomic mass is 10.2. The summed E-state index contributed by atoms with van der Waals surface area (Å²) in [7, 11) is 0. The van der Waals surface area contributed by atoms with Gasteiger partial charge in [-0.25, -0.2) is 0 Å². The van der Waals surface area contributed by atoms with Gasteiger partial charge in [0.1, 0.15) is 0 Å². The maximum absolute atomic E-state index is 10.7. The molecule has 1 aromatic rings. The van der Waals surface area contributed by atoms with E-state index < -0.39 is 0 Å². The van der Waals surface area contributed by atoms with Gasteiger partial charge < -0.3 is 0 Å². The molecule has 0 saturated heterocycles. The minimum atomic E-state index is -0.0176. The summed E-state index contributed by atoms with van der Waals surface area (Å²) in [5.41, 5.74) is 0.754. The lowest BCUT2D eigenvalue weighted by Crippen LogP contribution is -1.81. The predicted octanol–water partition coefficient (Wildman–Crippen LogP) is 3.60. The van der Waals surface area contributed by atoms with Crippen LogP contribution in [0.2, 0.25) is 10.0 Å². The molecular formula is C10H8Cl2O. The molecule has 0 atom stereocenters. The first kappa shape index (κ1) is 10.3. The maximum Gasteiger partial charge on any atom is 0.152 e. The van der Waals surface area contributed by atoms with Gasteiger partial charge >= 0.3 is 0 Å². The largest absolute Gasteiger partial charge is 0.295 e. The van der Waals surface area contributed by atoms with E-state index in [0.717, 1.165) is 5.56 Å². The van der Waals surface area contributed by atoms with E-state index in [9.17, 15) is 4.79 Å². The number of hydrogen-bond donors (Lipinski definition) is 0. The van der Waals surface area contributed by atoms with E-state index >= 15 is 0 Å². The lowest BCUT2D eigenvalue weighted by molar-refractivity contribution is -0.112. The van der Waals surface area contributed by atoms with Crippen molar-refractivity contribution in [3.05, 3.63) is 39.9 Å². The molecule has 0 unspecified atom stereocenters. The van der Waals surface area contributed by atoms with E-state index in [1.165, 1.54) is 13.0 Å². The third kappa shape index (κ3) is 2.87. The number of halogens is 2. The highest BCUT2D eigenvalue weighted by Crippen LogP contribution is 2.26. The Morgan fingerprint density at radius 2 is 2.08 bits per heavy atom. The number of ketones is 1. The predicted molar refractivity (Wildman–Crippen MR) is 56.2 cm³/mol. The second-order valence-corrected chi connectivity index (χ2v) is 3.37. The average molecular weight is 215 g/mol. The quantitative estimate of drug-likeness (QED) is 0.689. The normalized spacial score (nSPS) is 10.7. The van der Waals surface area contributed by atoms with Crippen LogP contribution in [-0.2, 0) is 4.79 Å². The van der Waals surface area contributed by atoms with Gasteiger partial charge in [0, 0.05) is 0 Å². The van der Waals surface area contributed by atoms with Crippen LogP contribution in [0.25, 0.3) is 6.08 Å². The first-order valence-corrected chi connectivity index (χ1v) is 4.49. The van der Waals surface area contributed by atoms with Gasteiger partial charge in [-0.3, -0.25) is 4.79 Å². The Morgan fingerprint density at radius 1 is 1.38 bits per heavy atom. The maximum atomic E-state index is 10.7. The molecule has 0 saturated carbocycles. The Bertz CT molecular complexity index is 356. The number of carbonyl (C=O) groups excluding carboxylic acids is 1. The summed E-state index contributed by atoms with van der Waals surface area (Å²) in [4.78, 5) is 10.7. The van der Waals surface area contributed by atoms with Crippen molar-refractivity contribution in [1.29, 1.82) is 0 Å². The second-order valence-electron chi connectivity index (χ2n) is 2.59. The lowest BCUT2D eigenvalue weighted by Gasteiger charge is -1.98. The number of benzene rings is 1. The third-order valence-corrected chi connectivity index (χ3v) is 2.31. The zero-order chi connectivity index (χ0) is 9.84. The summed E-state index contributed by atoms with van der Waals surface area (Å²) in [5.74, 6) is -0.0176. The molecule has 3 heteroatoms. The highest BCUT2D eigenvalue weighted by atomic mass is 35.5. The minimum absolute atomic E-state index is 0.0176. The molecule has 0 fully saturated rings. The van der Waals surface area contributed by atoms with Crippen molar-refractivity contribution in [3.63, 3.8) is 0 Å². The molecule has 0 radical (unpaired) electrons. The van der Waals surface area contributed by atoms with E-state index in [-0.39, 0.29) is 5.78 Å². The fourth-order valence-electron chi connectivity index (χ4n) is 0.856. The summed E-state index contributed by atoms with van der Waals surface area (Å²) >= 11 is 11.7. The molecule has 0 amide bonds. The SMILES string of the molecule is CC(=O)/C=C/c1cccc(Cl)c1Cl. The Kier molecular flexibility index (Phi) is 3.52. The van der Waals surface area contributed by atoms with Crippen LogP contribution in [0.4, 0.5) is 0 Å². The Balaban J connectivity index is 3.02. The van der Waals surface area contributed by atoms with Crippen molar-refractivity contribution in [3.8, 4) is 0 Å². The molecule has 0 aromatic heterocycles. The number of allylic oxidation sites excluding steroid dienone is 1. The average Bonchev–Trinajstić information content (AvgIpc) is 2.07. The molecule has 0 heterocycles. The Labute approximate surface area is 87.0 Å². The monoisotopic (exact) mass is 214 g/mol. The zero-order valence-electron chi connectivity index (χ0n) is 7.05. The van der Waals surface area contributed by atoms with Crippen molar-refractivity contribution in [1.82, 2.24) is 0 Å². The van der Waals surface area contributed by atoms with Crippen LogP contribution in [0, 0.1) is 0 Å². The van der Waals surface area contributed by atoms with Crippen LogP contribution in [0.5, 0.6) is 0 Å². The Morgan fingerprint density at radius 3 is 2.69 bits per heavy atom. The third-order valence-electron chi connectivity index (χ3n) is 1.48. The van der Waals surface area contributed by atoms with E-state index in [0.29, 0.717) is 10.0 Å². The van der Waals surface area contributed by atoms with Crippen molar-refractivity contribution in [2.24, 2.45) is 0 Å². The first-order valence-electron chi connectivity index (χ1n) is 3.74. The molecule has 1 aromatic carbocycles. The summed E-state index contributed by atoms with van der Waals surface area (Å²) < 4.78 is 0. The molecule has 0 aliphatic heterocycles. The van der Waals surface area contributed by atoms with Gasteiger partial charge in [-0.2, -0.15) is 0 Å². The van der Waals surface area contributed by atoms with Gasteiger partial charge in [-0.1, -0.05) is 35.3 Å². The summed E-state index contributed by atoms with van der Waals surface area (Å²) in [5, 5.41) is 0.967. The summed E-state index contributed by atoms with van der Waals surface area (Å²) in [6, 6.07) is 5.29. The summed E-state index contributed by atoms with van der Waals surface area (Å²) in [6.45, 7) is 1.48. The molecule has 68 valence electrons. The van der Waals surface area contributed by atoms with Crippen molar-refractivity contribution in [2.75, 3.05) is 0 Å². The fraction of sp³-hybridized carbons (Fsp3) is 0.100. The van der Waals surface area contributed by atoms with Crippen molar-refractivity contribution in [2.45, 2.75) is 6.92 Å². The fourth-order valence-corrected chi connectivity index (χ4v) is 1.23. The van der Waals surface area contributed by atoms with Gasteiger partial charge in [-0.15, -0.1) is 0 Å². The van der Waals surface area contributed by atoms with E-state index in [4.69, 9.17) is 23.2 Å². The molecule has 0 aliphatic rings. The second kappa shape index (κ2) is 4.45. The molecule has 0 bridgehead atoms. The smallest absolute Gasteiger partial charge is 0.152 e. The van der Waals surface area contributed by atoms with E-state index in [1.54, 1.807) is 24.3 Å². The summed E-state index contributed by atoms with van der Waals surface area (Å²) in [6.07, 6.45) is 3.11. The van der Waals surface area contributed by atoms with Crippen LogP contribution < -0.4 is 0 Å². The van der Waals surface area contributed by atoms with Crippen molar-refractivity contribution < 1.29 is 4.79 Å². The van der Waals surface area contributed by atoms with Crippen LogP contribution in [0.15, 0.2) is 24.3 Å². The zero-order valence-corrected chi connectivity index (χ0v) is 8.56. The van der Waals surface area contributed by atoms with E-state index in [2.05, 4.69) is 0 Å². The molecule has 13 heavy (non-hydrogen) atoms. The van der Waals surface area contributed by atoms with Gasteiger partial charge in [-0.05, 0) is 30.7 Å². The standard InChI is InChI=1S/C10H8Cl2O/c1-7(13)5-6-8-3-2-4-9(11)10(8)12/h2-6H,1H3/b6-5+. The van der Waals surface area contributed by atoms with Crippen LogP contribution >= 0.6 is 23.2 Å². The highest BCUT2D eigenvalue weighted by molar-refractivity contribution is 6.42. The van der Waals surface area contributed by atoms with Gasteiger partial charge in [0.15, 0.2) is 5.78 Å². The Hall–Kier alpha value is -0.790. The molecule has 0 aliphatic carbocycles. The van der Waals surface area contributed by atoms with Gasteiger partial charge in [0.05, 0.1) is 10.0 Å². The first-order chi connectivity index (χ1) is 6.11. The molecule has 0 N–H and O–H groups in total. The van der Waals surface area contributed by atoms with Crippen LogP contribution in [0.3, 0.4) is 0 Å². The number of hydrogen-bond acceptors (Lipinski definition) is 1. The van der Waals surface area contributed by atoms with Gasteiger partial charge in [0.2, 0.25) is 0 Å². The van der Waals surface area contributed by atoms with E-state index in [1.807, 2.05) is 0 Å². The van der Waals surface area contributed by atoms with Crippen LogP contribution in [0.1, 0.15) is 12.5 Å². The van der Waals surface area contributed by atoms with Gasteiger partial charge in [0.25, 0.3) is 0 Å². The topological polar surface area (TPSA) is 17.1 Å². The highest BCUT2D eigenvalue weighted by Gasteiger charge is 2.00. The molecule has 0 spiro atoms. The van der Waals surface area contributed by atoms with Crippen LogP contribution in [-0.4, -0.2) is 5.78 Å². The minimum Gasteiger partial charge on any atom is -0.295 e. The number of carbonyl (C=O) groups is 1. The number of rotatable bonds is 2.